The highest BCUT2D eigenvalue weighted by Gasteiger charge is 2.01. The standard InChI is InChI=1S/C14H18N4O2/c1-11-3-4-13(10-16-11)20-14-17-8-12(9-18-14)7-15-5-6-19-2/h3-4,8-10,15H,5-7H2,1-2H3. The Morgan fingerprint density at radius 3 is 2.55 bits per heavy atom. The number of rotatable bonds is 7. The first-order chi connectivity index (χ1) is 9.78. The fourth-order valence-electron chi connectivity index (χ4n) is 1.51. The van der Waals surface area contributed by atoms with Gasteiger partial charge in [-0.1, -0.05) is 0 Å². The molecular formula is C14H18N4O2. The summed E-state index contributed by atoms with van der Waals surface area (Å²) < 4.78 is 10.5. The van der Waals surface area contributed by atoms with Crippen LogP contribution >= 0.6 is 0 Å². The van der Waals surface area contributed by atoms with Gasteiger partial charge in [-0.25, -0.2) is 9.97 Å². The second-order valence-corrected chi connectivity index (χ2v) is 4.28. The van der Waals surface area contributed by atoms with Crippen molar-refractivity contribution in [3.05, 3.63) is 42.0 Å². The molecule has 0 fully saturated rings. The van der Waals surface area contributed by atoms with Gasteiger partial charge in [-0.2, -0.15) is 0 Å². The largest absolute Gasteiger partial charge is 0.423 e. The molecule has 20 heavy (non-hydrogen) atoms. The smallest absolute Gasteiger partial charge is 0.321 e. The van der Waals surface area contributed by atoms with Crippen LogP contribution in [0.1, 0.15) is 11.3 Å². The number of nitrogens with one attached hydrogen (secondary N) is 1. The monoisotopic (exact) mass is 274 g/mol. The molecule has 0 saturated heterocycles. The highest BCUT2D eigenvalue weighted by molar-refractivity contribution is 5.22. The first-order valence-electron chi connectivity index (χ1n) is 6.39. The molecule has 106 valence electrons. The Hall–Kier alpha value is -2.05. The van der Waals surface area contributed by atoms with E-state index in [1.807, 2.05) is 19.1 Å². The van der Waals surface area contributed by atoms with Gasteiger partial charge in [0.1, 0.15) is 5.75 Å². The Morgan fingerprint density at radius 2 is 1.90 bits per heavy atom. The third-order valence-electron chi connectivity index (χ3n) is 2.59. The zero-order valence-electron chi connectivity index (χ0n) is 11.7. The van der Waals surface area contributed by atoms with E-state index in [0.29, 0.717) is 24.9 Å². The summed E-state index contributed by atoms with van der Waals surface area (Å²) in [5.74, 6) is 0.626. The third kappa shape index (κ3) is 4.56. The van der Waals surface area contributed by atoms with Crippen molar-refractivity contribution in [1.82, 2.24) is 20.3 Å². The van der Waals surface area contributed by atoms with Gasteiger partial charge in [0.25, 0.3) is 0 Å². The molecule has 0 saturated carbocycles. The summed E-state index contributed by atoms with van der Waals surface area (Å²) in [6.07, 6.45) is 5.13. The Kier molecular flexibility index (Phi) is 5.40. The van der Waals surface area contributed by atoms with Crippen LogP contribution in [0.15, 0.2) is 30.7 Å². The van der Waals surface area contributed by atoms with Gasteiger partial charge in [0.2, 0.25) is 0 Å². The fourth-order valence-corrected chi connectivity index (χ4v) is 1.51. The van der Waals surface area contributed by atoms with Gasteiger partial charge >= 0.3 is 6.01 Å². The molecule has 0 aromatic carbocycles. The van der Waals surface area contributed by atoms with Gasteiger partial charge in [0, 0.05) is 43.9 Å². The summed E-state index contributed by atoms with van der Waals surface area (Å²) in [6, 6.07) is 4.03. The minimum atomic E-state index is 0.316. The predicted molar refractivity (Wildman–Crippen MR) is 74.7 cm³/mol. The van der Waals surface area contributed by atoms with Gasteiger partial charge in [0.15, 0.2) is 0 Å². The summed E-state index contributed by atoms with van der Waals surface area (Å²) in [6.45, 7) is 4.10. The minimum Gasteiger partial charge on any atom is -0.423 e. The molecule has 2 aromatic rings. The van der Waals surface area contributed by atoms with Crippen LogP contribution in [0.5, 0.6) is 11.8 Å². The average Bonchev–Trinajstić information content (AvgIpc) is 2.48. The van der Waals surface area contributed by atoms with Crippen LogP contribution in [-0.4, -0.2) is 35.2 Å². The van der Waals surface area contributed by atoms with Gasteiger partial charge in [-0.05, 0) is 19.1 Å². The van der Waals surface area contributed by atoms with Crippen LogP contribution in [0.25, 0.3) is 0 Å². The lowest BCUT2D eigenvalue weighted by Crippen LogP contribution is -2.18. The zero-order chi connectivity index (χ0) is 14.2. The summed E-state index contributed by atoms with van der Waals surface area (Å²) in [4.78, 5) is 12.5. The maximum atomic E-state index is 5.51. The highest BCUT2D eigenvalue weighted by Crippen LogP contribution is 2.15. The molecular weight excluding hydrogens is 256 g/mol. The van der Waals surface area contributed by atoms with E-state index in [-0.39, 0.29) is 0 Å². The second kappa shape index (κ2) is 7.52. The molecule has 0 spiro atoms. The quantitative estimate of drug-likeness (QED) is 0.775. The van der Waals surface area contributed by atoms with Crippen molar-refractivity contribution in [2.24, 2.45) is 0 Å². The number of aryl methyl sites for hydroxylation is 1. The normalized spacial score (nSPS) is 10.5. The van der Waals surface area contributed by atoms with E-state index in [4.69, 9.17) is 9.47 Å². The van der Waals surface area contributed by atoms with E-state index < -0.39 is 0 Å². The van der Waals surface area contributed by atoms with Crippen molar-refractivity contribution in [3.8, 4) is 11.8 Å². The number of hydrogen-bond acceptors (Lipinski definition) is 6. The molecule has 0 aliphatic heterocycles. The van der Waals surface area contributed by atoms with Crippen molar-refractivity contribution >= 4 is 0 Å². The Bertz CT molecular complexity index is 514. The maximum absolute atomic E-state index is 5.51. The first-order valence-corrected chi connectivity index (χ1v) is 6.39. The molecule has 2 heterocycles. The van der Waals surface area contributed by atoms with Crippen molar-refractivity contribution in [2.75, 3.05) is 20.3 Å². The highest BCUT2D eigenvalue weighted by atomic mass is 16.5. The summed E-state index contributed by atoms with van der Waals surface area (Å²) in [7, 11) is 1.68. The maximum Gasteiger partial charge on any atom is 0.321 e. The Balaban J connectivity index is 1.86. The summed E-state index contributed by atoms with van der Waals surface area (Å²) in [5.41, 5.74) is 1.94. The molecule has 0 bridgehead atoms. The average molecular weight is 274 g/mol. The van der Waals surface area contributed by atoms with Crippen LogP contribution < -0.4 is 10.1 Å². The van der Waals surface area contributed by atoms with Crippen molar-refractivity contribution in [1.29, 1.82) is 0 Å². The van der Waals surface area contributed by atoms with Gasteiger partial charge in [0.05, 0.1) is 12.8 Å². The fraction of sp³-hybridized carbons (Fsp3) is 0.357. The summed E-state index contributed by atoms with van der Waals surface area (Å²) in [5, 5.41) is 3.22. The molecule has 2 aromatic heterocycles. The van der Waals surface area contributed by atoms with Gasteiger partial charge < -0.3 is 14.8 Å². The van der Waals surface area contributed by atoms with Crippen LogP contribution in [0.3, 0.4) is 0 Å². The molecule has 6 heteroatoms. The van der Waals surface area contributed by atoms with E-state index in [9.17, 15) is 0 Å². The molecule has 0 aliphatic carbocycles. The van der Waals surface area contributed by atoms with Crippen LogP contribution in [-0.2, 0) is 11.3 Å². The summed E-state index contributed by atoms with van der Waals surface area (Å²) >= 11 is 0. The number of hydrogen-bond donors (Lipinski definition) is 1. The molecule has 1 N–H and O–H groups in total. The third-order valence-corrected chi connectivity index (χ3v) is 2.59. The van der Waals surface area contributed by atoms with E-state index in [1.165, 1.54) is 0 Å². The van der Waals surface area contributed by atoms with Gasteiger partial charge in [-0.3, -0.25) is 4.98 Å². The lowest BCUT2D eigenvalue weighted by molar-refractivity contribution is 0.199. The van der Waals surface area contributed by atoms with Crippen LogP contribution in [0.4, 0.5) is 0 Å². The molecule has 0 unspecified atom stereocenters. The predicted octanol–water partition coefficient (Wildman–Crippen LogP) is 1.71. The molecule has 2 rings (SSSR count). The lowest BCUT2D eigenvalue weighted by Gasteiger charge is -2.05. The lowest BCUT2D eigenvalue weighted by atomic mass is 10.3. The van der Waals surface area contributed by atoms with E-state index in [1.54, 1.807) is 25.7 Å². The topological polar surface area (TPSA) is 69.2 Å². The van der Waals surface area contributed by atoms with E-state index in [0.717, 1.165) is 17.8 Å². The Morgan fingerprint density at radius 1 is 1.10 bits per heavy atom. The van der Waals surface area contributed by atoms with E-state index >= 15 is 0 Å². The number of ether oxygens (including phenoxy) is 2. The molecule has 0 amide bonds. The number of aromatic nitrogens is 3. The van der Waals surface area contributed by atoms with Crippen molar-refractivity contribution < 1.29 is 9.47 Å². The molecule has 6 nitrogen and oxygen atoms in total. The van der Waals surface area contributed by atoms with Crippen LogP contribution in [0, 0.1) is 6.92 Å². The molecule has 0 aliphatic rings. The first kappa shape index (κ1) is 14.4. The van der Waals surface area contributed by atoms with Crippen molar-refractivity contribution in [3.63, 3.8) is 0 Å². The van der Waals surface area contributed by atoms with Gasteiger partial charge in [-0.15, -0.1) is 0 Å². The molecule has 0 atom stereocenters. The minimum absolute atomic E-state index is 0.316. The number of nitrogens with zero attached hydrogens (tertiary/aromatic N) is 3. The second-order valence-electron chi connectivity index (χ2n) is 4.28. The SMILES string of the molecule is COCCNCc1cnc(Oc2ccc(C)nc2)nc1. The van der Waals surface area contributed by atoms with Crippen molar-refractivity contribution in [2.45, 2.75) is 13.5 Å². The number of pyridine rings is 1. The molecule has 0 radical (unpaired) electrons. The number of methoxy groups -OCH3 is 1. The van der Waals surface area contributed by atoms with E-state index in [2.05, 4.69) is 20.3 Å². The Labute approximate surface area is 118 Å². The van der Waals surface area contributed by atoms with Crippen LogP contribution in [0.2, 0.25) is 0 Å². The zero-order valence-corrected chi connectivity index (χ0v) is 11.7.